The first-order valence-electron chi connectivity index (χ1n) is 5.27. The lowest BCUT2D eigenvalue weighted by Crippen LogP contribution is -2.12. The van der Waals surface area contributed by atoms with Crippen LogP contribution in [0.3, 0.4) is 0 Å². The zero-order chi connectivity index (χ0) is 12.6. The number of aryl methyl sites for hydroxylation is 1. The topological polar surface area (TPSA) is 43.8 Å². The van der Waals surface area contributed by atoms with Gasteiger partial charge in [0.2, 0.25) is 0 Å². The highest BCUT2D eigenvalue weighted by molar-refractivity contribution is 6.31. The Bertz CT molecular complexity index is 529. The highest BCUT2D eigenvalue weighted by Gasteiger charge is 2.15. The summed E-state index contributed by atoms with van der Waals surface area (Å²) in [7, 11) is 0. The molecule has 0 bridgehead atoms. The lowest BCUT2D eigenvalue weighted by Gasteiger charge is -2.13. The Balaban J connectivity index is 2.63. The van der Waals surface area contributed by atoms with E-state index in [4.69, 9.17) is 17.3 Å². The average Bonchev–Trinajstić information content (AvgIpc) is 2.58. The maximum Gasteiger partial charge on any atom is 0.130 e. The summed E-state index contributed by atoms with van der Waals surface area (Å²) in [5, 5.41) is 4.77. The van der Waals surface area contributed by atoms with Gasteiger partial charge < -0.3 is 5.73 Å². The van der Waals surface area contributed by atoms with Crippen molar-refractivity contribution in [3.05, 3.63) is 46.5 Å². The van der Waals surface area contributed by atoms with Crippen molar-refractivity contribution < 1.29 is 4.39 Å². The van der Waals surface area contributed by atoms with Gasteiger partial charge in [-0.2, -0.15) is 5.10 Å². The summed E-state index contributed by atoms with van der Waals surface area (Å²) in [5.41, 5.74) is 7.54. The molecule has 5 heteroatoms. The molecule has 0 aliphatic carbocycles. The fourth-order valence-corrected chi connectivity index (χ4v) is 1.87. The molecular weight excluding hydrogens is 241 g/mol. The molecule has 0 saturated heterocycles. The normalized spacial score (nSPS) is 12.8. The van der Waals surface area contributed by atoms with Crippen LogP contribution >= 0.6 is 11.6 Å². The average molecular weight is 254 g/mol. The molecule has 1 heterocycles. The van der Waals surface area contributed by atoms with Crippen LogP contribution in [-0.4, -0.2) is 9.78 Å². The molecule has 0 amide bonds. The molecule has 17 heavy (non-hydrogen) atoms. The van der Waals surface area contributed by atoms with Gasteiger partial charge in [-0.15, -0.1) is 0 Å². The first-order valence-corrected chi connectivity index (χ1v) is 5.64. The van der Waals surface area contributed by atoms with Gasteiger partial charge in [-0.1, -0.05) is 17.7 Å². The SMILES string of the molecule is Cc1nn(-c2cccc(F)c2[C@@H](C)N)cc1Cl. The van der Waals surface area contributed by atoms with Crippen LogP contribution in [0.4, 0.5) is 4.39 Å². The highest BCUT2D eigenvalue weighted by atomic mass is 35.5. The van der Waals surface area contributed by atoms with E-state index in [1.807, 2.05) is 0 Å². The lowest BCUT2D eigenvalue weighted by atomic mass is 10.1. The van der Waals surface area contributed by atoms with Crippen molar-refractivity contribution in [1.82, 2.24) is 9.78 Å². The standard InChI is InChI=1S/C12H13ClFN3/c1-7(15)12-10(14)4-3-5-11(12)17-6-9(13)8(2)16-17/h3-7H,15H2,1-2H3/t7-/m1/s1. The van der Waals surface area contributed by atoms with E-state index in [1.54, 1.807) is 36.9 Å². The van der Waals surface area contributed by atoms with Crippen LogP contribution in [0.15, 0.2) is 24.4 Å². The predicted molar refractivity (Wildman–Crippen MR) is 65.9 cm³/mol. The fourth-order valence-electron chi connectivity index (χ4n) is 1.74. The van der Waals surface area contributed by atoms with E-state index < -0.39 is 6.04 Å². The third-order valence-electron chi connectivity index (χ3n) is 2.57. The van der Waals surface area contributed by atoms with Crippen LogP contribution in [0.2, 0.25) is 5.02 Å². The molecule has 0 aliphatic heterocycles. The minimum atomic E-state index is -0.408. The Morgan fingerprint density at radius 1 is 1.47 bits per heavy atom. The summed E-state index contributed by atoms with van der Waals surface area (Å²) in [5.74, 6) is -0.332. The van der Waals surface area contributed by atoms with Gasteiger partial charge in [0, 0.05) is 17.8 Å². The molecule has 0 fully saturated rings. The summed E-state index contributed by atoms with van der Waals surface area (Å²) < 4.78 is 15.3. The molecule has 90 valence electrons. The van der Waals surface area contributed by atoms with Crippen LogP contribution in [0, 0.1) is 12.7 Å². The molecule has 0 radical (unpaired) electrons. The number of nitrogens with zero attached hydrogens (tertiary/aromatic N) is 2. The number of hydrogen-bond donors (Lipinski definition) is 1. The van der Waals surface area contributed by atoms with Gasteiger partial charge >= 0.3 is 0 Å². The summed E-state index contributed by atoms with van der Waals surface area (Å²) in [6.45, 7) is 3.53. The summed E-state index contributed by atoms with van der Waals surface area (Å²) in [6.07, 6.45) is 1.65. The lowest BCUT2D eigenvalue weighted by molar-refractivity contribution is 0.589. The van der Waals surface area contributed by atoms with Gasteiger partial charge in [0.05, 0.1) is 16.4 Å². The quantitative estimate of drug-likeness (QED) is 0.894. The Labute approximate surface area is 104 Å². The van der Waals surface area contributed by atoms with Crippen LogP contribution < -0.4 is 5.73 Å². The maximum absolute atomic E-state index is 13.7. The molecule has 3 nitrogen and oxygen atoms in total. The van der Waals surface area contributed by atoms with Gasteiger partial charge in [-0.3, -0.25) is 0 Å². The number of rotatable bonds is 2. The largest absolute Gasteiger partial charge is 0.324 e. The Morgan fingerprint density at radius 3 is 2.71 bits per heavy atom. The second-order valence-corrected chi connectivity index (χ2v) is 4.38. The second kappa shape index (κ2) is 4.47. The van der Waals surface area contributed by atoms with E-state index in [2.05, 4.69) is 5.10 Å². The molecule has 2 rings (SSSR count). The van der Waals surface area contributed by atoms with Gasteiger partial charge in [-0.25, -0.2) is 9.07 Å². The molecule has 2 aromatic rings. The predicted octanol–water partition coefficient (Wildman–Crippen LogP) is 2.99. The van der Waals surface area contributed by atoms with Crippen molar-refractivity contribution in [1.29, 1.82) is 0 Å². The molecule has 0 aliphatic rings. The van der Waals surface area contributed by atoms with Crippen molar-refractivity contribution in [2.24, 2.45) is 5.73 Å². The van der Waals surface area contributed by atoms with E-state index in [0.717, 1.165) is 0 Å². The number of hydrogen-bond acceptors (Lipinski definition) is 2. The zero-order valence-corrected chi connectivity index (χ0v) is 10.4. The van der Waals surface area contributed by atoms with Crippen molar-refractivity contribution in [2.45, 2.75) is 19.9 Å². The van der Waals surface area contributed by atoms with Gasteiger partial charge in [-0.05, 0) is 26.0 Å². The van der Waals surface area contributed by atoms with Crippen LogP contribution in [0.25, 0.3) is 5.69 Å². The van der Waals surface area contributed by atoms with E-state index >= 15 is 0 Å². The monoisotopic (exact) mass is 253 g/mol. The third kappa shape index (κ3) is 2.18. The second-order valence-electron chi connectivity index (χ2n) is 3.97. The van der Waals surface area contributed by atoms with E-state index in [-0.39, 0.29) is 5.82 Å². The number of aromatic nitrogens is 2. The van der Waals surface area contributed by atoms with E-state index in [0.29, 0.717) is 22.0 Å². The number of nitrogens with two attached hydrogens (primary N) is 1. The van der Waals surface area contributed by atoms with Crippen LogP contribution in [0.1, 0.15) is 24.2 Å². The molecule has 0 unspecified atom stereocenters. The fraction of sp³-hybridized carbons (Fsp3) is 0.250. The Hall–Kier alpha value is -1.39. The van der Waals surface area contributed by atoms with E-state index in [1.165, 1.54) is 6.07 Å². The molecule has 1 atom stereocenters. The third-order valence-corrected chi connectivity index (χ3v) is 2.94. The summed E-state index contributed by atoms with van der Waals surface area (Å²) in [6, 6.07) is 4.38. The first-order chi connectivity index (χ1) is 8.00. The summed E-state index contributed by atoms with van der Waals surface area (Å²) in [4.78, 5) is 0. The first kappa shape index (κ1) is 12.1. The molecule has 1 aromatic heterocycles. The Morgan fingerprint density at radius 2 is 2.18 bits per heavy atom. The highest BCUT2D eigenvalue weighted by Crippen LogP contribution is 2.24. The number of benzene rings is 1. The van der Waals surface area contributed by atoms with Crippen LogP contribution in [-0.2, 0) is 0 Å². The van der Waals surface area contributed by atoms with Crippen molar-refractivity contribution >= 4 is 11.6 Å². The van der Waals surface area contributed by atoms with Gasteiger partial charge in [0.1, 0.15) is 5.82 Å². The minimum absolute atomic E-state index is 0.332. The van der Waals surface area contributed by atoms with Crippen molar-refractivity contribution in [2.75, 3.05) is 0 Å². The molecular formula is C12H13ClFN3. The minimum Gasteiger partial charge on any atom is -0.324 e. The molecule has 1 aromatic carbocycles. The summed E-state index contributed by atoms with van der Waals surface area (Å²) >= 11 is 5.94. The van der Waals surface area contributed by atoms with Crippen molar-refractivity contribution in [3.63, 3.8) is 0 Å². The Kier molecular flexibility index (Phi) is 3.17. The van der Waals surface area contributed by atoms with Gasteiger partial charge in [0.15, 0.2) is 0 Å². The van der Waals surface area contributed by atoms with E-state index in [9.17, 15) is 4.39 Å². The zero-order valence-electron chi connectivity index (χ0n) is 9.61. The maximum atomic E-state index is 13.7. The number of halogens is 2. The molecule has 2 N–H and O–H groups in total. The molecule has 0 saturated carbocycles. The smallest absolute Gasteiger partial charge is 0.130 e. The van der Waals surface area contributed by atoms with Gasteiger partial charge in [0.25, 0.3) is 0 Å². The van der Waals surface area contributed by atoms with Crippen LogP contribution in [0.5, 0.6) is 0 Å². The van der Waals surface area contributed by atoms with Crippen molar-refractivity contribution in [3.8, 4) is 5.69 Å². The molecule has 0 spiro atoms.